The molecule has 0 spiro atoms. The molecule has 0 fully saturated rings. The lowest BCUT2D eigenvalue weighted by molar-refractivity contribution is 0.401. The third-order valence-corrected chi connectivity index (χ3v) is 5.05. The van der Waals surface area contributed by atoms with Crippen LogP contribution in [0.15, 0.2) is 0 Å². The van der Waals surface area contributed by atoms with Crippen molar-refractivity contribution < 1.29 is 4.43 Å². The van der Waals surface area contributed by atoms with Gasteiger partial charge in [0.1, 0.15) is 0 Å². The van der Waals surface area contributed by atoms with Crippen LogP contribution in [-0.2, 0) is 4.43 Å². The highest BCUT2D eigenvalue weighted by molar-refractivity contribution is 6.71. The van der Waals surface area contributed by atoms with Crippen molar-refractivity contribution in [1.82, 2.24) is 5.32 Å². The number of nitrogens with one attached hydrogen (secondary N) is 1. The van der Waals surface area contributed by atoms with Crippen molar-refractivity contribution in [2.24, 2.45) is 0 Å². The minimum atomic E-state index is -1.29. The molecule has 3 heteroatoms. The number of hydrogen-bond donors (Lipinski definition) is 1. The lowest BCUT2D eigenvalue weighted by atomic mass is 10.3. The highest BCUT2D eigenvalue weighted by Crippen LogP contribution is 2.11. The molecule has 80 valence electrons. The summed E-state index contributed by atoms with van der Waals surface area (Å²) in [6, 6.07) is 1.27. The molecule has 0 amide bonds. The smallest absolute Gasteiger partial charge is 0.186 e. The summed E-state index contributed by atoms with van der Waals surface area (Å²) in [6.07, 6.45) is 3.84. The van der Waals surface area contributed by atoms with Crippen molar-refractivity contribution >= 4 is 8.32 Å². The van der Waals surface area contributed by atoms with Gasteiger partial charge in [-0.1, -0.05) is 13.3 Å². The van der Waals surface area contributed by atoms with Crippen LogP contribution in [0, 0.1) is 0 Å². The molecule has 13 heavy (non-hydrogen) atoms. The molecule has 0 aliphatic rings. The first kappa shape index (κ1) is 13.1. The predicted octanol–water partition coefficient (Wildman–Crippen LogP) is 2.62. The molecule has 0 radical (unpaired) electrons. The summed E-state index contributed by atoms with van der Waals surface area (Å²) in [4.78, 5) is 0. The Bertz CT molecular complexity index is 117. The largest absolute Gasteiger partial charge is 0.420 e. The fourth-order valence-corrected chi connectivity index (χ4v) is 2.40. The van der Waals surface area contributed by atoms with E-state index in [1.54, 1.807) is 0 Å². The van der Waals surface area contributed by atoms with Crippen LogP contribution in [-0.4, -0.2) is 28.5 Å². The predicted molar refractivity (Wildman–Crippen MR) is 61.7 cm³/mol. The number of rotatable bonds is 8. The highest BCUT2D eigenvalue weighted by atomic mass is 28.4. The van der Waals surface area contributed by atoms with Crippen LogP contribution >= 0.6 is 0 Å². The van der Waals surface area contributed by atoms with Gasteiger partial charge in [-0.25, -0.2) is 0 Å². The summed E-state index contributed by atoms with van der Waals surface area (Å²) in [6.45, 7) is 9.10. The van der Waals surface area contributed by atoms with E-state index < -0.39 is 8.32 Å². The molecule has 0 aromatic rings. The third-order valence-electron chi connectivity index (χ3n) is 2.39. The molecular weight excluding hydrogens is 178 g/mol. The molecule has 0 aromatic heterocycles. The first-order chi connectivity index (χ1) is 6.12. The van der Waals surface area contributed by atoms with Gasteiger partial charge in [-0.05, 0) is 45.1 Å². The summed E-state index contributed by atoms with van der Waals surface area (Å²) in [5.74, 6) is 0. The van der Waals surface area contributed by atoms with Gasteiger partial charge in [0, 0.05) is 7.11 Å². The Morgan fingerprint density at radius 1 is 1.15 bits per heavy atom. The molecule has 0 saturated heterocycles. The van der Waals surface area contributed by atoms with Gasteiger partial charge in [0.15, 0.2) is 8.32 Å². The van der Waals surface area contributed by atoms with Crippen LogP contribution in [0.2, 0.25) is 19.1 Å². The molecule has 0 aliphatic carbocycles. The standard InChI is InChI=1S/C10H25NOSi/c1-5-6-8-11-9-7-10-13(3,4)12-2/h11H,5-10H2,1-4H3. The molecule has 0 atom stereocenters. The molecule has 1 N–H and O–H groups in total. The third kappa shape index (κ3) is 8.47. The second kappa shape index (κ2) is 7.53. The Kier molecular flexibility index (Phi) is 7.61. The van der Waals surface area contributed by atoms with Crippen LogP contribution in [0.1, 0.15) is 26.2 Å². The fourth-order valence-electron chi connectivity index (χ4n) is 1.17. The molecule has 0 rings (SSSR count). The molecule has 0 aromatic carbocycles. The zero-order valence-corrected chi connectivity index (χ0v) is 10.7. The van der Waals surface area contributed by atoms with Crippen LogP contribution < -0.4 is 5.32 Å². The van der Waals surface area contributed by atoms with Crippen molar-refractivity contribution in [2.75, 3.05) is 20.2 Å². The van der Waals surface area contributed by atoms with Crippen LogP contribution in [0.3, 0.4) is 0 Å². The van der Waals surface area contributed by atoms with Gasteiger partial charge in [0.2, 0.25) is 0 Å². The zero-order valence-electron chi connectivity index (χ0n) is 9.65. The Morgan fingerprint density at radius 3 is 2.31 bits per heavy atom. The van der Waals surface area contributed by atoms with Crippen molar-refractivity contribution in [3.05, 3.63) is 0 Å². The lowest BCUT2D eigenvalue weighted by Crippen LogP contribution is -2.29. The minimum absolute atomic E-state index is 1.15. The van der Waals surface area contributed by atoms with Crippen LogP contribution in [0.25, 0.3) is 0 Å². The minimum Gasteiger partial charge on any atom is -0.420 e. The first-order valence-corrected chi connectivity index (χ1v) is 8.50. The number of unbranched alkanes of at least 4 members (excludes halogenated alkanes) is 1. The van der Waals surface area contributed by atoms with Gasteiger partial charge < -0.3 is 9.74 Å². The average Bonchev–Trinajstić information content (AvgIpc) is 2.11. The molecular formula is C10H25NOSi. The monoisotopic (exact) mass is 203 g/mol. The lowest BCUT2D eigenvalue weighted by Gasteiger charge is -2.19. The molecule has 0 bridgehead atoms. The van der Waals surface area contributed by atoms with Gasteiger partial charge in [-0.3, -0.25) is 0 Å². The molecule has 0 unspecified atom stereocenters. The van der Waals surface area contributed by atoms with E-state index in [0.29, 0.717) is 0 Å². The maximum atomic E-state index is 5.48. The van der Waals surface area contributed by atoms with Crippen molar-refractivity contribution in [1.29, 1.82) is 0 Å². The molecule has 0 heterocycles. The topological polar surface area (TPSA) is 21.3 Å². The van der Waals surface area contributed by atoms with Gasteiger partial charge >= 0.3 is 0 Å². The van der Waals surface area contributed by atoms with E-state index >= 15 is 0 Å². The van der Waals surface area contributed by atoms with E-state index in [-0.39, 0.29) is 0 Å². The SMILES string of the molecule is CCCCNCCC[Si](C)(C)OC. The Labute approximate surface area is 84.2 Å². The summed E-state index contributed by atoms with van der Waals surface area (Å²) in [5, 5.41) is 3.45. The Hall–Kier alpha value is 0.137. The number of hydrogen-bond acceptors (Lipinski definition) is 2. The molecule has 2 nitrogen and oxygen atoms in total. The summed E-state index contributed by atoms with van der Waals surface area (Å²) in [5.41, 5.74) is 0. The average molecular weight is 203 g/mol. The van der Waals surface area contributed by atoms with Crippen LogP contribution in [0.5, 0.6) is 0 Å². The first-order valence-electron chi connectivity index (χ1n) is 5.38. The summed E-state index contributed by atoms with van der Waals surface area (Å²) < 4.78 is 5.48. The Balaban J connectivity index is 3.16. The van der Waals surface area contributed by atoms with E-state index in [1.165, 1.54) is 31.9 Å². The fraction of sp³-hybridized carbons (Fsp3) is 1.00. The normalized spacial score (nSPS) is 12.0. The summed E-state index contributed by atoms with van der Waals surface area (Å²) >= 11 is 0. The highest BCUT2D eigenvalue weighted by Gasteiger charge is 2.18. The van der Waals surface area contributed by atoms with E-state index in [1.807, 2.05) is 7.11 Å². The van der Waals surface area contributed by atoms with E-state index in [9.17, 15) is 0 Å². The van der Waals surface area contributed by atoms with Crippen LogP contribution in [0.4, 0.5) is 0 Å². The van der Waals surface area contributed by atoms with E-state index in [4.69, 9.17) is 4.43 Å². The Morgan fingerprint density at radius 2 is 1.77 bits per heavy atom. The van der Waals surface area contributed by atoms with Crippen molar-refractivity contribution in [2.45, 2.75) is 45.3 Å². The second-order valence-electron chi connectivity index (χ2n) is 4.17. The summed E-state index contributed by atoms with van der Waals surface area (Å²) in [7, 11) is 0.558. The molecule has 0 aliphatic heterocycles. The zero-order chi connectivity index (χ0) is 10.2. The maximum absolute atomic E-state index is 5.48. The maximum Gasteiger partial charge on any atom is 0.186 e. The van der Waals surface area contributed by atoms with Crippen molar-refractivity contribution in [3.8, 4) is 0 Å². The van der Waals surface area contributed by atoms with E-state index in [2.05, 4.69) is 25.3 Å². The van der Waals surface area contributed by atoms with Gasteiger partial charge in [-0.2, -0.15) is 0 Å². The second-order valence-corrected chi connectivity index (χ2v) is 8.60. The quantitative estimate of drug-likeness (QED) is 0.484. The van der Waals surface area contributed by atoms with Gasteiger partial charge in [-0.15, -0.1) is 0 Å². The van der Waals surface area contributed by atoms with Gasteiger partial charge in [0.05, 0.1) is 0 Å². The van der Waals surface area contributed by atoms with E-state index in [0.717, 1.165) is 6.54 Å². The van der Waals surface area contributed by atoms with Gasteiger partial charge in [0.25, 0.3) is 0 Å². The van der Waals surface area contributed by atoms with Crippen molar-refractivity contribution in [3.63, 3.8) is 0 Å². The molecule has 0 saturated carbocycles.